The van der Waals surface area contributed by atoms with Crippen LogP contribution in [-0.4, -0.2) is 58.9 Å². The van der Waals surface area contributed by atoms with Gasteiger partial charge in [0, 0.05) is 31.1 Å². The van der Waals surface area contributed by atoms with Crippen molar-refractivity contribution in [3.05, 3.63) is 0 Å². The van der Waals surface area contributed by atoms with Crippen molar-refractivity contribution in [2.24, 2.45) is 17.8 Å². The van der Waals surface area contributed by atoms with E-state index in [1.807, 2.05) is 0 Å². The van der Waals surface area contributed by atoms with Gasteiger partial charge in [-0.15, -0.1) is 0 Å². The standard InChI is InChI=1S/C20H28N4O2/c21-11-16-3-1-5-23(16)18(26)12-22-20-9-13-7-15(20)8-14(10-20)19(13)24-6-2-4-17(24)25/h13-16,19,22H,1-10,12H2/t13?,14?,15?,16-,19?,20?/m0/s1. The molecule has 0 aromatic heterocycles. The molecule has 4 bridgehead atoms. The minimum atomic E-state index is -0.233. The van der Waals surface area contributed by atoms with Crippen molar-refractivity contribution in [3.63, 3.8) is 0 Å². The molecule has 6 rings (SSSR count). The maximum atomic E-state index is 12.6. The zero-order valence-corrected chi connectivity index (χ0v) is 15.3. The monoisotopic (exact) mass is 356 g/mol. The number of nitrogens with one attached hydrogen (secondary N) is 1. The highest BCUT2D eigenvalue weighted by molar-refractivity contribution is 5.79. The van der Waals surface area contributed by atoms with Crippen LogP contribution in [0, 0.1) is 29.1 Å². The van der Waals surface area contributed by atoms with Gasteiger partial charge in [-0.05, 0) is 62.7 Å². The van der Waals surface area contributed by atoms with Gasteiger partial charge in [0.2, 0.25) is 11.8 Å². The van der Waals surface area contributed by atoms with Gasteiger partial charge in [0.25, 0.3) is 0 Å². The van der Waals surface area contributed by atoms with Crippen molar-refractivity contribution >= 4 is 11.8 Å². The number of rotatable bonds is 4. The molecule has 2 heterocycles. The van der Waals surface area contributed by atoms with Crippen molar-refractivity contribution in [1.82, 2.24) is 15.1 Å². The minimum absolute atomic E-state index is 0.0842. The Morgan fingerprint density at radius 3 is 2.65 bits per heavy atom. The maximum Gasteiger partial charge on any atom is 0.237 e. The van der Waals surface area contributed by atoms with E-state index in [1.54, 1.807) is 4.90 Å². The summed E-state index contributed by atoms with van der Waals surface area (Å²) in [6.45, 7) is 2.03. The quantitative estimate of drug-likeness (QED) is 0.823. The molecular formula is C20H28N4O2. The molecule has 2 amide bonds. The zero-order valence-electron chi connectivity index (χ0n) is 15.3. The molecule has 2 aliphatic heterocycles. The minimum Gasteiger partial charge on any atom is -0.339 e. The van der Waals surface area contributed by atoms with Crippen LogP contribution in [-0.2, 0) is 9.59 Å². The molecule has 0 radical (unpaired) electrons. The fourth-order valence-corrected chi connectivity index (χ4v) is 7.04. The van der Waals surface area contributed by atoms with Gasteiger partial charge in [-0.25, -0.2) is 0 Å². The Balaban J connectivity index is 1.25. The average molecular weight is 356 g/mol. The summed E-state index contributed by atoms with van der Waals surface area (Å²) in [7, 11) is 0. The summed E-state index contributed by atoms with van der Waals surface area (Å²) in [6.07, 6.45) is 8.13. The summed E-state index contributed by atoms with van der Waals surface area (Å²) >= 11 is 0. The Morgan fingerprint density at radius 2 is 2.00 bits per heavy atom. The molecule has 140 valence electrons. The van der Waals surface area contributed by atoms with E-state index in [2.05, 4.69) is 16.3 Å². The fourth-order valence-electron chi connectivity index (χ4n) is 7.04. The number of amides is 2. The van der Waals surface area contributed by atoms with Crippen LogP contribution in [0.2, 0.25) is 0 Å². The van der Waals surface area contributed by atoms with Crippen LogP contribution in [0.5, 0.6) is 0 Å². The van der Waals surface area contributed by atoms with Crippen molar-refractivity contribution in [2.45, 2.75) is 69.0 Å². The van der Waals surface area contributed by atoms with Gasteiger partial charge in [-0.1, -0.05) is 0 Å². The summed E-state index contributed by atoms with van der Waals surface area (Å²) in [5, 5.41) is 12.9. The molecule has 1 N–H and O–H groups in total. The Bertz CT molecular complexity index is 655. The van der Waals surface area contributed by atoms with Gasteiger partial charge >= 0.3 is 0 Å². The number of hydrogen-bond donors (Lipinski definition) is 1. The highest BCUT2D eigenvalue weighted by Crippen LogP contribution is 2.61. The Hall–Kier alpha value is -1.61. The van der Waals surface area contributed by atoms with Gasteiger partial charge in [0.1, 0.15) is 6.04 Å². The Labute approximate surface area is 154 Å². The number of hydrogen-bond acceptors (Lipinski definition) is 4. The predicted molar refractivity (Wildman–Crippen MR) is 94.8 cm³/mol. The summed E-state index contributed by atoms with van der Waals surface area (Å²) in [6, 6.07) is 2.48. The largest absolute Gasteiger partial charge is 0.339 e. The first-order chi connectivity index (χ1) is 12.6. The third-order valence-corrected chi connectivity index (χ3v) is 7.96. The molecule has 6 nitrogen and oxygen atoms in total. The number of nitrogens with zero attached hydrogens (tertiary/aromatic N) is 3. The molecule has 2 saturated heterocycles. The van der Waals surface area contributed by atoms with Gasteiger partial charge in [0.15, 0.2) is 0 Å². The van der Waals surface area contributed by atoms with Gasteiger partial charge in [-0.3, -0.25) is 9.59 Å². The molecular weight excluding hydrogens is 328 g/mol. The van der Waals surface area contributed by atoms with Crippen molar-refractivity contribution in [1.29, 1.82) is 5.26 Å². The molecule has 26 heavy (non-hydrogen) atoms. The number of nitriles is 1. The normalized spacial score (nSPS) is 43.5. The molecule has 6 fully saturated rings. The van der Waals surface area contributed by atoms with E-state index in [1.165, 1.54) is 12.8 Å². The van der Waals surface area contributed by atoms with Gasteiger partial charge in [-0.2, -0.15) is 5.26 Å². The lowest BCUT2D eigenvalue weighted by molar-refractivity contribution is -0.133. The van der Waals surface area contributed by atoms with Crippen molar-refractivity contribution in [3.8, 4) is 6.07 Å². The number of carbonyl (C=O) groups is 2. The second-order valence-electron chi connectivity index (χ2n) is 9.16. The third kappa shape index (κ3) is 2.32. The highest BCUT2D eigenvalue weighted by Gasteiger charge is 2.63. The molecule has 0 aromatic carbocycles. The average Bonchev–Trinajstić information content (AvgIpc) is 3.36. The van der Waals surface area contributed by atoms with Crippen LogP contribution in [0.4, 0.5) is 0 Å². The molecule has 0 aromatic rings. The van der Waals surface area contributed by atoms with Crippen molar-refractivity contribution in [2.75, 3.05) is 19.6 Å². The zero-order chi connectivity index (χ0) is 17.9. The van der Waals surface area contributed by atoms with Crippen LogP contribution in [0.15, 0.2) is 0 Å². The third-order valence-electron chi connectivity index (χ3n) is 7.96. The molecule has 3 atom stereocenters. The lowest BCUT2D eigenvalue weighted by Crippen LogP contribution is -2.54. The SMILES string of the molecule is N#C[C@@H]1CCCN1C(=O)CNC12CC3CC1CC(C2)C3N1CCCC1=O. The first-order valence-electron chi connectivity index (χ1n) is 10.3. The van der Waals surface area contributed by atoms with Gasteiger partial charge < -0.3 is 15.1 Å². The van der Waals surface area contributed by atoms with Crippen LogP contribution < -0.4 is 5.32 Å². The number of carbonyl (C=O) groups excluding carboxylic acids is 2. The predicted octanol–water partition coefficient (Wildman–Crippen LogP) is 1.27. The number of likely N-dealkylation sites (tertiary alicyclic amines) is 2. The molecule has 2 unspecified atom stereocenters. The second-order valence-corrected chi connectivity index (χ2v) is 9.16. The highest BCUT2D eigenvalue weighted by atomic mass is 16.2. The summed E-state index contributed by atoms with van der Waals surface area (Å²) in [4.78, 5) is 28.8. The van der Waals surface area contributed by atoms with Crippen LogP contribution in [0.1, 0.15) is 51.4 Å². The van der Waals surface area contributed by atoms with Gasteiger partial charge in [0.05, 0.1) is 12.6 Å². The topological polar surface area (TPSA) is 76.4 Å². The van der Waals surface area contributed by atoms with Crippen molar-refractivity contribution < 1.29 is 9.59 Å². The lowest BCUT2D eigenvalue weighted by Gasteiger charge is -2.43. The van der Waals surface area contributed by atoms with E-state index >= 15 is 0 Å². The first-order valence-corrected chi connectivity index (χ1v) is 10.3. The lowest BCUT2D eigenvalue weighted by atomic mass is 9.75. The van der Waals surface area contributed by atoms with E-state index in [4.69, 9.17) is 0 Å². The second kappa shape index (κ2) is 5.95. The molecule has 6 aliphatic rings. The van der Waals surface area contributed by atoms with E-state index in [0.29, 0.717) is 36.2 Å². The maximum absolute atomic E-state index is 12.6. The summed E-state index contributed by atoms with van der Waals surface area (Å²) < 4.78 is 0. The summed E-state index contributed by atoms with van der Waals surface area (Å²) in [5.74, 6) is 2.31. The Kier molecular flexibility index (Phi) is 3.79. The van der Waals surface area contributed by atoms with E-state index in [9.17, 15) is 14.9 Å². The van der Waals surface area contributed by atoms with E-state index in [0.717, 1.165) is 51.6 Å². The van der Waals surface area contributed by atoms with E-state index in [-0.39, 0.29) is 17.5 Å². The molecule has 4 saturated carbocycles. The van der Waals surface area contributed by atoms with E-state index < -0.39 is 0 Å². The molecule has 6 heteroatoms. The van der Waals surface area contributed by atoms with Crippen LogP contribution in [0.25, 0.3) is 0 Å². The fraction of sp³-hybridized carbons (Fsp3) is 0.850. The smallest absolute Gasteiger partial charge is 0.237 e. The van der Waals surface area contributed by atoms with Crippen LogP contribution in [0.3, 0.4) is 0 Å². The molecule has 4 aliphatic carbocycles. The molecule has 0 spiro atoms. The first kappa shape index (κ1) is 16.6. The Morgan fingerprint density at radius 1 is 1.23 bits per heavy atom. The summed E-state index contributed by atoms with van der Waals surface area (Å²) in [5.41, 5.74) is 0.103. The van der Waals surface area contributed by atoms with Crippen LogP contribution >= 0.6 is 0 Å².